The van der Waals surface area contributed by atoms with Crippen molar-refractivity contribution in [3.05, 3.63) is 11.9 Å². The van der Waals surface area contributed by atoms with Crippen molar-refractivity contribution in [1.82, 2.24) is 9.97 Å². The van der Waals surface area contributed by atoms with Crippen molar-refractivity contribution in [2.24, 2.45) is 0 Å². The second-order valence-corrected chi connectivity index (χ2v) is 5.70. The van der Waals surface area contributed by atoms with Crippen LogP contribution in [0, 0.1) is 0 Å². The topological polar surface area (TPSA) is 50.3 Å². The SMILES string of the molecule is CCNc1cc(N2CCC(OC)CC2)nc(C2CC2)n1. The van der Waals surface area contributed by atoms with Crippen molar-refractivity contribution in [1.29, 1.82) is 0 Å². The highest BCUT2D eigenvalue weighted by Crippen LogP contribution is 2.39. The smallest absolute Gasteiger partial charge is 0.136 e. The molecule has 0 atom stereocenters. The summed E-state index contributed by atoms with van der Waals surface area (Å²) in [6.07, 6.45) is 5.04. The van der Waals surface area contributed by atoms with Crippen LogP contribution in [-0.4, -0.2) is 42.8 Å². The molecule has 5 heteroatoms. The molecule has 110 valence electrons. The molecule has 0 aromatic carbocycles. The maximum atomic E-state index is 5.44. The maximum absolute atomic E-state index is 5.44. The third-order valence-electron chi connectivity index (χ3n) is 4.13. The Morgan fingerprint density at radius 1 is 1.25 bits per heavy atom. The summed E-state index contributed by atoms with van der Waals surface area (Å²) in [6, 6.07) is 2.09. The molecule has 0 radical (unpaired) electrons. The number of nitrogens with zero attached hydrogens (tertiary/aromatic N) is 3. The Labute approximate surface area is 120 Å². The molecule has 1 aromatic rings. The van der Waals surface area contributed by atoms with Gasteiger partial charge in [-0.15, -0.1) is 0 Å². The number of hydrogen-bond donors (Lipinski definition) is 1. The molecule has 0 amide bonds. The van der Waals surface area contributed by atoms with Gasteiger partial charge in [-0.25, -0.2) is 9.97 Å². The van der Waals surface area contributed by atoms with Crippen molar-refractivity contribution in [3.8, 4) is 0 Å². The van der Waals surface area contributed by atoms with Crippen LogP contribution >= 0.6 is 0 Å². The van der Waals surface area contributed by atoms with Crippen LogP contribution in [0.15, 0.2) is 6.07 Å². The van der Waals surface area contributed by atoms with Crippen molar-refractivity contribution >= 4 is 11.6 Å². The van der Waals surface area contributed by atoms with E-state index in [4.69, 9.17) is 9.72 Å². The molecule has 0 spiro atoms. The third-order valence-corrected chi connectivity index (χ3v) is 4.13. The number of hydrogen-bond acceptors (Lipinski definition) is 5. The lowest BCUT2D eigenvalue weighted by Crippen LogP contribution is -2.37. The fourth-order valence-corrected chi connectivity index (χ4v) is 2.73. The molecule has 20 heavy (non-hydrogen) atoms. The first kappa shape index (κ1) is 13.6. The first-order valence-electron chi connectivity index (χ1n) is 7.70. The molecule has 1 N–H and O–H groups in total. The van der Waals surface area contributed by atoms with Crippen LogP contribution in [0.4, 0.5) is 11.6 Å². The normalized spacial score (nSPS) is 20.2. The van der Waals surface area contributed by atoms with Gasteiger partial charge in [0.1, 0.15) is 17.5 Å². The Bertz CT molecular complexity index is 453. The Morgan fingerprint density at radius 3 is 2.60 bits per heavy atom. The van der Waals surface area contributed by atoms with Crippen LogP contribution in [0.1, 0.15) is 44.3 Å². The van der Waals surface area contributed by atoms with E-state index in [0.717, 1.165) is 49.9 Å². The summed E-state index contributed by atoms with van der Waals surface area (Å²) in [5.41, 5.74) is 0. The number of ether oxygens (including phenoxy) is 1. The monoisotopic (exact) mass is 276 g/mol. The zero-order chi connectivity index (χ0) is 13.9. The Morgan fingerprint density at radius 2 is 2.00 bits per heavy atom. The number of piperidine rings is 1. The van der Waals surface area contributed by atoms with Crippen molar-refractivity contribution in [2.45, 2.75) is 44.6 Å². The average molecular weight is 276 g/mol. The summed E-state index contributed by atoms with van der Waals surface area (Å²) >= 11 is 0. The van der Waals surface area contributed by atoms with Gasteiger partial charge in [-0.1, -0.05) is 0 Å². The summed E-state index contributed by atoms with van der Waals surface area (Å²) in [4.78, 5) is 11.8. The van der Waals surface area contributed by atoms with E-state index in [9.17, 15) is 0 Å². The average Bonchev–Trinajstić information content (AvgIpc) is 3.32. The van der Waals surface area contributed by atoms with E-state index in [0.29, 0.717) is 12.0 Å². The van der Waals surface area contributed by atoms with Crippen LogP contribution in [0.25, 0.3) is 0 Å². The molecule has 1 aromatic heterocycles. The minimum absolute atomic E-state index is 0.407. The lowest BCUT2D eigenvalue weighted by atomic mass is 10.1. The van der Waals surface area contributed by atoms with Crippen LogP contribution in [0.2, 0.25) is 0 Å². The highest BCUT2D eigenvalue weighted by Gasteiger charge is 2.28. The quantitative estimate of drug-likeness (QED) is 0.895. The fraction of sp³-hybridized carbons (Fsp3) is 0.733. The molecule has 5 nitrogen and oxygen atoms in total. The summed E-state index contributed by atoms with van der Waals surface area (Å²) in [5, 5.41) is 3.33. The van der Waals surface area contributed by atoms with Crippen LogP contribution in [-0.2, 0) is 4.74 Å². The van der Waals surface area contributed by atoms with Crippen LogP contribution < -0.4 is 10.2 Å². The van der Waals surface area contributed by atoms with Gasteiger partial charge in [0.15, 0.2) is 0 Å². The lowest BCUT2D eigenvalue weighted by molar-refractivity contribution is 0.0818. The maximum Gasteiger partial charge on any atom is 0.136 e. The standard InChI is InChI=1S/C15H24N4O/c1-3-16-13-10-14(18-15(17-13)11-4-5-11)19-8-6-12(20-2)7-9-19/h10-12H,3-9H2,1-2H3,(H,16,17,18). The van der Waals surface area contributed by atoms with Gasteiger partial charge in [-0.2, -0.15) is 0 Å². The molecular weight excluding hydrogens is 252 g/mol. The van der Waals surface area contributed by atoms with Gasteiger partial charge in [0.05, 0.1) is 6.10 Å². The van der Waals surface area contributed by atoms with Crippen molar-refractivity contribution < 1.29 is 4.74 Å². The molecule has 2 fully saturated rings. The summed E-state index contributed by atoms with van der Waals surface area (Å²) < 4.78 is 5.44. The number of aromatic nitrogens is 2. The number of methoxy groups -OCH3 is 1. The van der Waals surface area contributed by atoms with Gasteiger partial charge in [0.2, 0.25) is 0 Å². The summed E-state index contributed by atoms with van der Waals surface area (Å²) in [7, 11) is 1.81. The lowest BCUT2D eigenvalue weighted by Gasteiger charge is -2.32. The van der Waals surface area contributed by atoms with E-state index in [-0.39, 0.29) is 0 Å². The minimum Gasteiger partial charge on any atom is -0.381 e. The van der Waals surface area contributed by atoms with E-state index in [2.05, 4.69) is 28.2 Å². The van der Waals surface area contributed by atoms with E-state index < -0.39 is 0 Å². The second kappa shape index (κ2) is 5.95. The number of rotatable bonds is 5. The van der Waals surface area contributed by atoms with Gasteiger partial charge in [0, 0.05) is 38.7 Å². The van der Waals surface area contributed by atoms with Crippen molar-refractivity contribution in [3.63, 3.8) is 0 Å². The van der Waals surface area contributed by atoms with Crippen LogP contribution in [0.5, 0.6) is 0 Å². The van der Waals surface area contributed by atoms with Gasteiger partial charge >= 0.3 is 0 Å². The zero-order valence-corrected chi connectivity index (χ0v) is 12.4. The van der Waals surface area contributed by atoms with Gasteiger partial charge in [-0.3, -0.25) is 0 Å². The zero-order valence-electron chi connectivity index (χ0n) is 12.4. The molecule has 1 aliphatic carbocycles. The highest BCUT2D eigenvalue weighted by atomic mass is 16.5. The molecule has 1 aliphatic heterocycles. The minimum atomic E-state index is 0.407. The Hall–Kier alpha value is -1.36. The molecule has 3 rings (SSSR count). The molecule has 2 heterocycles. The number of anilines is 2. The Kier molecular flexibility index (Phi) is 4.05. The van der Waals surface area contributed by atoms with E-state index >= 15 is 0 Å². The van der Waals surface area contributed by atoms with Crippen molar-refractivity contribution in [2.75, 3.05) is 37.0 Å². The van der Waals surface area contributed by atoms with E-state index in [1.54, 1.807) is 7.11 Å². The second-order valence-electron chi connectivity index (χ2n) is 5.70. The number of nitrogens with one attached hydrogen (secondary N) is 1. The van der Waals surface area contributed by atoms with E-state index in [1.165, 1.54) is 12.8 Å². The largest absolute Gasteiger partial charge is 0.381 e. The first-order chi connectivity index (χ1) is 9.80. The predicted octanol–water partition coefficient (Wildman–Crippen LogP) is 2.40. The molecule has 1 saturated carbocycles. The molecular formula is C15H24N4O. The van der Waals surface area contributed by atoms with Gasteiger partial charge in [-0.05, 0) is 32.6 Å². The van der Waals surface area contributed by atoms with E-state index in [1.807, 2.05) is 0 Å². The summed E-state index contributed by atoms with van der Waals surface area (Å²) in [5.74, 6) is 3.65. The van der Waals surface area contributed by atoms with Gasteiger partial charge < -0.3 is 15.0 Å². The molecule has 1 saturated heterocycles. The van der Waals surface area contributed by atoms with Gasteiger partial charge in [0.25, 0.3) is 0 Å². The highest BCUT2D eigenvalue weighted by molar-refractivity contribution is 5.50. The molecule has 0 bridgehead atoms. The predicted molar refractivity (Wildman–Crippen MR) is 80.4 cm³/mol. The fourth-order valence-electron chi connectivity index (χ4n) is 2.73. The summed E-state index contributed by atoms with van der Waals surface area (Å²) in [6.45, 7) is 5.03. The Balaban J connectivity index is 1.77. The first-order valence-corrected chi connectivity index (χ1v) is 7.70. The third kappa shape index (κ3) is 3.03. The van der Waals surface area contributed by atoms with Crippen LogP contribution in [0.3, 0.4) is 0 Å². The molecule has 2 aliphatic rings. The molecule has 0 unspecified atom stereocenters.